The van der Waals surface area contributed by atoms with E-state index in [1.165, 1.54) is 5.56 Å². The molecule has 21 heavy (non-hydrogen) atoms. The lowest BCUT2D eigenvalue weighted by Crippen LogP contribution is -2.04. The Morgan fingerprint density at radius 1 is 0.857 bits per heavy atom. The van der Waals surface area contributed by atoms with Gasteiger partial charge in [0.05, 0.1) is 0 Å². The quantitative estimate of drug-likeness (QED) is 0.749. The number of hydrogen-bond donors (Lipinski definition) is 2. The molecule has 2 N–H and O–H groups in total. The van der Waals surface area contributed by atoms with Gasteiger partial charge in [-0.3, -0.25) is 4.98 Å². The Morgan fingerprint density at radius 2 is 1.67 bits per heavy atom. The SMILES string of the molecule is c1ccc(CNc2ccnc(Nc3ccncc3)n2)cc1. The maximum Gasteiger partial charge on any atom is 0.229 e. The Balaban J connectivity index is 1.66. The number of aromatic nitrogens is 3. The molecule has 5 heteroatoms. The molecule has 0 amide bonds. The molecule has 0 atom stereocenters. The van der Waals surface area contributed by atoms with Crippen molar-refractivity contribution >= 4 is 17.5 Å². The highest BCUT2D eigenvalue weighted by atomic mass is 15.1. The highest BCUT2D eigenvalue weighted by Crippen LogP contribution is 2.13. The molecule has 1 aromatic carbocycles. The summed E-state index contributed by atoms with van der Waals surface area (Å²) < 4.78 is 0. The normalized spacial score (nSPS) is 10.1. The van der Waals surface area contributed by atoms with E-state index >= 15 is 0 Å². The molecule has 0 spiro atoms. The first-order valence-electron chi connectivity index (χ1n) is 6.68. The van der Waals surface area contributed by atoms with Gasteiger partial charge < -0.3 is 10.6 Å². The van der Waals surface area contributed by atoms with Crippen LogP contribution >= 0.6 is 0 Å². The molecule has 0 saturated carbocycles. The molecule has 0 fully saturated rings. The summed E-state index contributed by atoms with van der Waals surface area (Å²) in [4.78, 5) is 12.6. The summed E-state index contributed by atoms with van der Waals surface area (Å²) in [5.74, 6) is 1.34. The Labute approximate surface area is 123 Å². The van der Waals surface area contributed by atoms with Gasteiger partial charge in [0.1, 0.15) is 5.82 Å². The van der Waals surface area contributed by atoms with Crippen molar-refractivity contribution in [1.82, 2.24) is 15.0 Å². The Hall–Kier alpha value is -2.95. The fourth-order valence-electron chi connectivity index (χ4n) is 1.87. The number of anilines is 3. The van der Waals surface area contributed by atoms with E-state index in [-0.39, 0.29) is 0 Å². The molecule has 0 saturated heterocycles. The van der Waals surface area contributed by atoms with Crippen molar-refractivity contribution in [2.45, 2.75) is 6.54 Å². The van der Waals surface area contributed by atoms with Gasteiger partial charge in [-0.05, 0) is 23.8 Å². The Morgan fingerprint density at radius 3 is 2.48 bits per heavy atom. The third-order valence-electron chi connectivity index (χ3n) is 2.91. The maximum absolute atomic E-state index is 4.43. The van der Waals surface area contributed by atoms with Gasteiger partial charge in [0.15, 0.2) is 0 Å². The summed E-state index contributed by atoms with van der Waals surface area (Å²) >= 11 is 0. The predicted molar refractivity (Wildman–Crippen MR) is 83.3 cm³/mol. The largest absolute Gasteiger partial charge is 0.366 e. The molecule has 3 aromatic rings. The van der Waals surface area contributed by atoms with Crippen molar-refractivity contribution in [3.05, 3.63) is 72.7 Å². The maximum atomic E-state index is 4.43. The summed E-state index contributed by atoms with van der Waals surface area (Å²) in [7, 11) is 0. The second-order valence-corrected chi connectivity index (χ2v) is 4.47. The van der Waals surface area contributed by atoms with Crippen molar-refractivity contribution in [2.24, 2.45) is 0 Å². The van der Waals surface area contributed by atoms with E-state index in [4.69, 9.17) is 0 Å². The van der Waals surface area contributed by atoms with Crippen molar-refractivity contribution in [1.29, 1.82) is 0 Å². The number of rotatable bonds is 5. The van der Waals surface area contributed by atoms with E-state index in [1.54, 1.807) is 18.6 Å². The van der Waals surface area contributed by atoms with Crippen LogP contribution in [-0.4, -0.2) is 15.0 Å². The Kier molecular flexibility index (Phi) is 4.02. The molecule has 104 valence electrons. The average molecular weight is 277 g/mol. The van der Waals surface area contributed by atoms with E-state index in [9.17, 15) is 0 Å². The molecule has 5 nitrogen and oxygen atoms in total. The molecule has 0 aliphatic rings. The van der Waals surface area contributed by atoms with Crippen molar-refractivity contribution < 1.29 is 0 Å². The van der Waals surface area contributed by atoms with Crippen LogP contribution in [0.1, 0.15) is 5.56 Å². The number of pyridine rings is 1. The fraction of sp³-hybridized carbons (Fsp3) is 0.0625. The number of benzene rings is 1. The van der Waals surface area contributed by atoms with Crippen LogP contribution in [0.5, 0.6) is 0 Å². The second kappa shape index (κ2) is 6.47. The molecule has 0 radical (unpaired) electrons. The molecule has 0 aliphatic carbocycles. The lowest BCUT2D eigenvalue weighted by Gasteiger charge is -2.08. The van der Waals surface area contributed by atoms with Gasteiger partial charge in [0.25, 0.3) is 0 Å². The second-order valence-electron chi connectivity index (χ2n) is 4.47. The monoisotopic (exact) mass is 277 g/mol. The minimum Gasteiger partial charge on any atom is -0.366 e. The van der Waals surface area contributed by atoms with Crippen molar-refractivity contribution in [2.75, 3.05) is 10.6 Å². The van der Waals surface area contributed by atoms with Gasteiger partial charge in [-0.15, -0.1) is 0 Å². The molecular weight excluding hydrogens is 262 g/mol. The molecule has 3 rings (SSSR count). The van der Waals surface area contributed by atoms with Crippen LogP contribution in [0.4, 0.5) is 17.5 Å². The van der Waals surface area contributed by atoms with Crippen LogP contribution < -0.4 is 10.6 Å². The van der Waals surface area contributed by atoms with Crippen LogP contribution in [0.3, 0.4) is 0 Å². The minimum atomic E-state index is 0.555. The summed E-state index contributed by atoms with van der Waals surface area (Å²) in [6.45, 7) is 0.729. The lowest BCUT2D eigenvalue weighted by molar-refractivity contribution is 1.08. The number of nitrogens with one attached hydrogen (secondary N) is 2. The zero-order valence-corrected chi connectivity index (χ0v) is 11.4. The highest BCUT2D eigenvalue weighted by molar-refractivity contribution is 5.53. The van der Waals surface area contributed by atoms with E-state index in [0.29, 0.717) is 5.95 Å². The minimum absolute atomic E-state index is 0.555. The molecule has 2 heterocycles. The van der Waals surface area contributed by atoms with E-state index in [1.807, 2.05) is 36.4 Å². The smallest absolute Gasteiger partial charge is 0.229 e. The molecule has 2 aromatic heterocycles. The van der Waals surface area contributed by atoms with Crippen LogP contribution in [0, 0.1) is 0 Å². The van der Waals surface area contributed by atoms with Gasteiger partial charge in [-0.25, -0.2) is 4.98 Å². The lowest BCUT2D eigenvalue weighted by atomic mass is 10.2. The van der Waals surface area contributed by atoms with Crippen LogP contribution in [0.15, 0.2) is 67.1 Å². The van der Waals surface area contributed by atoms with Gasteiger partial charge in [0, 0.05) is 30.8 Å². The van der Waals surface area contributed by atoms with E-state index in [0.717, 1.165) is 18.1 Å². The van der Waals surface area contributed by atoms with Crippen LogP contribution in [-0.2, 0) is 6.54 Å². The molecular formula is C16H15N5. The van der Waals surface area contributed by atoms with Crippen LogP contribution in [0.2, 0.25) is 0 Å². The predicted octanol–water partition coefficient (Wildman–Crippen LogP) is 3.23. The zero-order chi connectivity index (χ0) is 14.3. The van der Waals surface area contributed by atoms with Gasteiger partial charge >= 0.3 is 0 Å². The Bertz CT molecular complexity index is 685. The topological polar surface area (TPSA) is 62.7 Å². The van der Waals surface area contributed by atoms with Gasteiger partial charge in [-0.2, -0.15) is 4.98 Å². The first kappa shape index (κ1) is 13.1. The first-order valence-corrected chi connectivity index (χ1v) is 6.68. The summed E-state index contributed by atoms with van der Waals surface area (Å²) in [6, 6.07) is 15.8. The zero-order valence-electron chi connectivity index (χ0n) is 11.4. The molecule has 0 bridgehead atoms. The van der Waals surface area contributed by atoms with Gasteiger partial charge in [-0.1, -0.05) is 30.3 Å². The van der Waals surface area contributed by atoms with Gasteiger partial charge in [0.2, 0.25) is 5.95 Å². The number of nitrogens with zero attached hydrogens (tertiary/aromatic N) is 3. The molecule has 0 aliphatic heterocycles. The highest BCUT2D eigenvalue weighted by Gasteiger charge is 2.00. The van der Waals surface area contributed by atoms with Crippen LogP contribution in [0.25, 0.3) is 0 Å². The van der Waals surface area contributed by atoms with Crippen molar-refractivity contribution in [3.8, 4) is 0 Å². The standard InChI is InChI=1S/C16H15N5/c1-2-4-13(5-3-1)12-19-15-8-11-18-16(21-15)20-14-6-9-17-10-7-14/h1-11H,12H2,(H2,17,18,19,20,21). The average Bonchev–Trinajstić information content (AvgIpc) is 2.55. The first-order chi connectivity index (χ1) is 10.4. The summed E-state index contributed by atoms with van der Waals surface area (Å²) in [5, 5.41) is 6.42. The third-order valence-corrected chi connectivity index (χ3v) is 2.91. The van der Waals surface area contributed by atoms with E-state index in [2.05, 4.69) is 37.7 Å². The molecule has 0 unspecified atom stereocenters. The number of hydrogen-bond acceptors (Lipinski definition) is 5. The van der Waals surface area contributed by atoms with Crippen molar-refractivity contribution in [3.63, 3.8) is 0 Å². The van der Waals surface area contributed by atoms with E-state index < -0.39 is 0 Å². The summed E-state index contributed by atoms with van der Waals surface area (Å²) in [5.41, 5.74) is 2.12. The fourth-order valence-corrected chi connectivity index (χ4v) is 1.87. The third kappa shape index (κ3) is 3.76. The summed E-state index contributed by atoms with van der Waals surface area (Å²) in [6.07, 6.45) is 5.17.